The van der Waals surface area contributed by atoms with Crippen LogP contribution in [-0.4, -0.2) is 69.6 Å². The van der Waals surface area contributed by atoms with Crippen molar-refractivity contribution in [3.8, 4) is 0 Å². The quantitative estimate of drug-likeness (QED) is 0.134. The third kappa shape index (κ3) is 7.14. The molecule has 0 saturated carbocycles. The van der Waals surface area contributed by atoms with Crippen molar-refractivity contribution < 1.29 is 95.1 Å². The summed E-state index contributed by atoms with van der Waals surface area (Å²) in [5.74, 6) is -53.2. The zero-order valence-corrected chi connectivity index (χ0v) is 29.3. The van der Waals surface area contributed by atoms with E-state index in [9.17, 15) is 73.9 Å². The van der Waals surface area contributed by atoms with Crippen LogP contribution in [0.1, 0.15) is 19.8 Å². The molecule has 0 spiro atoms. The fourth-order valence-electron chi connectivity index (χ4n) is 4.52. The molecule has 0 unspecified atom stereocenters. The van der Waals surface area contributed by atoms with Crippen LogP contribution in [0.15, 0.2) is 105 Å². The molecule has 0 aliphatic heterocycles. The normalized spacial score (nSPS) is 15.2. The van der Waals surface area contributed by atoms with Gasteiger partial charge in [0.1, 0.15) is 0 Å². The first-order valence-corrected chi connectivity index (χ1v) is 19.2. The van der Waals surface area contributed by atoms with E-state index in [0.29, 0.717) is 18.6 Å². The van der Waals surface area contributed by atoms with Crippen molar-refractivity contribution >= 4 is 30.3 Å². The van der Waals surface area contributed by atoms with Crippen LogP contribution in [0.4, 0.5) is 74.6 Å². The lowest BCUT2D eigenvalue weighted by molar-refractivity contribution is -0.458. The van der Waals surface area contributed by atoms with Gasteiger partial charge in [-0.3, -0.25) is 0 Å². The Kier molecular flexibility index (Phi) is 12.2. The molecule has 0 amide bonds. The molecule has 3 aromatic carbocycles. The number of unbranched alkanes of at least 4 members (excludes halogenated alkanes) is 1. The van der Waals surface area contributed by atoms with Crippen molar-refractivity contribution in [3.05, 3.63) is 84.9 Å². The summed E-state index contributed by atoms with van der Waals surface area (Å²) < 4.78 is 295. The van der Waals surface area contributed by atoms with Crippen LogP contribution in [-0.2, 0) is 23.6 Å². The van der Waals surface area contributed by atoms with Gasteiger partial charge in [-0.15, -0.1) is 0 Å². The van der Waals surface area contributed by atoms with Crippen molar-refractivity contribution in [1.82, 2.24) is 0 Å². The van der Waals surface area contributed by atoms with Gasteiger partial charge in [-0.1, -0.05) is 49.7 Å². The van der Waals surface area contributed by atoms with Crippen molar-refractivity contribution in [2.75, 3.05) is 5.75 Å². The maximum absolute atomic E-state index is 15.4. The van der Waals surface area contributed by atoms with E-state index in [1.54, 1.807) is 6.92 Å². The molecular formula is C30H23F17O5S3. The smallest absolute Gasteiger partial charge is 0.224 e. The molecule has 0 aromatic heterocycles. The fraction of sp³-hybridized carbons (Fsp3) is 0.400. The molecule has 0 heterocycles. The summed E-state index contributed by atoms with van der Waals surface area (Å²) in [6.07, 6.45) is -7.47. The monoisotopic (exact) mass is 882 g/mol. The van der Waals surface area contributed by atoms with Crippen molar-refractivity contribution in [1.29, 1.82) is 0 Å². The molecule has 0 radical (unpaired) electrons. The van der Waals surface area contributed by atoms with E-state index in [2.05, 4.69) is 3.63 Å². The summed E-state index contributed by atoms with van der Waals surface area (Å²) >= 11 is 0. The maximum atomic E-state index is 15.4. The third-order valence-electron chi connectivity index (χ3n) is 7.63. The first kappa shape index (κ1) is 46.1. The minimum atomic E-state index is -9.03. The van der Waals surface area contributed by atoms with E-state index in [1.165, 1.54) is 12.1 Å². The number of halogens is 17. The first-order chi connectivity index (χ1) is 24.7. The Morgan fingerprint density at radius 2 is 0.782 bits per heavy atom. The lowest BCUT2D eigenvalue weighted by Crippen LogP contribution is -2.75. The summed E-state index contributed by atoms with van der Waals surface area (Å²) in [6, 6.07) is 12.9. The molecule has 5 nitrogen and oxygen atoms in total. The van der Waals surface area contributed by atoms with Gasteiger partial charge in [0.2, 0.25) is 0 Å². The van der Waals surface area contributed by atoms with Crippen molar-refractivity contribution in [2.45, 2.75) is 86.3 Å². The molecule has 0 aliphatic rings. The van der Waals surface area contributed by atoms with Crippen LogP contribution in [0.5, 0.6) is 0 Å². The van der Waals surface area contributed by atoms with Gasteiger partial charge >= 0.3 is 57.1 Å². The van der Waals surface area contributed by atoms with Crippen LogP contribution >= 0.6 is 10.3 Å². The van der Waals surface area contributed by atoms with E-state index in [0.717, 1.165) is 60.7 Å². The van der Waals surface area contributed by atoms with Gasteiger partial charge in [0.15, 0.2) is 9.84 Å². The fourth-order valence-corrected chi connectivity index (χ4v) is 11.2. The Morgan fingerprint density at radius 3 is 1.15 bits per heavy atom. The number of sulfone groups is 1. The SMILES string of the molecule is CCCCS(=O)(=O)c1ccc(S(OS(=O)(=O)C(F)(F)C(F)(F)C(F)(F)C(F)(F)C(F)(F)C(F)(F)C(F)(F)C(F)(F)F)(c2ccccc2)c2ccccc2)cc1. The molecule has 0 aliphatic carbocycles. The Bertz CT molecular complexity index is 1980. The number of hydrogen-bond donors (Lipinski definition) is 0. The average molecular weight is 883 g/mol. The lowest BCUT2D eigenvalue weighted by Gasteiger charge is -2.43. The molecule has 0 bridgehead atoms. The summed E-state index contributed by atoms with van der Waals surface area (Å²) in [6.45, 7) is 1.62. The minimum Gasteiger partial charge on any atom is -0.224 e. The second-order valence-electron chi connectivity index (χ2n) is 11.3. The van der Waals surface area contributed by atoms with Crippen molar-refractivity contribution in [3.63, 3.8) is 0 Å². The molecule has 310 valence electrons. The van der Waals surface area contributed by atoms with Crippen LogP contribution < -0.4 is 0 Å². The Labute approximate surface area is 302 Å². The zero-order valence-electron chi connectivity index (χ0n) is 26.9. The first-order valence-electron chi connectivity index (χ1n) is 14.6. The van der Waals surface area contributed by atoms with Gasteiger partial charge in [0, 0.05) is 14.7 Å². The molecular weight excluding hydrogens is 859 g/mol. The summed E-state index contributed by atoms with van der Waals surface area (Å²) in [7, 11) is -16.9. The lowest BCUT2D eigenvalue weighted by atomic mass is 9.91. The van der Waals surface area contributed by atoms with E-state index >= 15 is 17.6 Å². The Morgan fingerprint density at radius 1 is 0.455 bits per heavy atom. The standard InChI is InChI=1S/C30H23F17O5S3/c1-2-3-18-53(48,49)19-14-16-22(17-15-19)54(20-10-6-4-7-11-20,21-12-8-5-9-13-21)52-55(50,51)30(46,47)28(41,42)26(37,38)24(33,34)23(31,32)25(35,36)27(39,40)29(43,44)45/h4-17H,2-3,18H2,1H3. The molecule has 55 heavy (non-hydrogen) atoms. The van der Waals surface area contributed by atoms with Crippen LogP contribution in [0.25, 0.3) is 0 Å². The zero-order chi connectivity index (χ0) is 42.5. The number of hydrogen-bond acceptors (Lipinski definition) is 5. The summed E-state index contributed by atoms with van der Waals surface area (Å²) in [5.41, 5.74) is 0. The second kappa shape index (κ2) is 14.6. The molecule has 3 rings (SSSR count). The van der Waals surface area contributed by atoms with Gasteiger partial charge in [-0.05, 0) is 65.3 Å². The van der Waals surface area contributed by atoms with E-state index in [1.807, 2.05) is 0 Å². The average Bonchev–Trinajstić information content (AvgIpc) is 3.09. The highest BCUT2D eigenvalue weighted by atomic mass is 32.3. The van der Waals surface area contributed by atoms with Gasteiger partial charge in [0.25, 0.3) is 0 Å². The van der Waals surface area contributed by atoms with Gasteiger partial charge < -0.3 is 0 Å². The predicted octanol–water partition coefficient (Wildman–Crippen LogP) is 10.8. The highest BCUT2D eigenvalue weighted by Crippen LogP contribution is 2.72. The molecule has 25 heteroatoms. The predicted molar refractivity (Wildman–Crippen MR) is 159 cm³/mol. The second-order valence-corrected chi connectivity index (χ2v) is 17.9. The van der Waals surface area contributed by atoms with E-state index in [-0.39, 0.29) is 6.42 Å². The molecule has 0 atom stereocenters. The molecule has 0 saturated heterocycles. The van der Waals surface area contributed by atoms with Crippen LogP contribution in [0, 0.1) is 0 Å². The summed E-state index contributed by atoms with van der Waals surface area (Å²) in [5, 5.41) is -7.96. The van der Waals surface area contributed by atoms with E-state index < -0.39 is 103 Å². The number of benzene rings is 3. The van der Waals surface area contributed by atoms with Crippen LogP contribution in [0.2, 0.25) is 0 Å². The van der Waals surface area contributed by atoms with Gasteiger partial charge in [-0.25, -0.2) is 12.0 Å². The van der Waals surface area contributed by atoms with Crippen molar-refractivity contribution in [2.24, 2.45) is 0 Å². The maximum Gasteiger partial charge on any atom is 0.460 e. The third-order valence-corrected chi connectivity index (χ3v) is 14.7. The number of alkyl halides is 17. The summed E-state index contributed by atoms with van der Waals surface area (Å²) in [4.78, 5) is -2.46. The molecule has 3 aromatic rings. The largest absolute Gasteiger partial charge is 0.460 e. The highest BCUT2D eigenvalue weighted by Gasteiger charge is 2.96. The number of rotatable bonds is 16. The minimum absolute atomic E-state index is 0.121. The molecule has 0 N–H and O–H groups in total. The van der Waals surface area contributed by atoms with Gasteiger partial charge in [-0.2, -0.15) is 83.1 Å². The van der Waals surface area contributed by atoms with Gasteiger partial charge in [0.05, 0.1) is 10.6 Å². The van der Waals surface area contributed by atoms with Crippen LogP contribution in [0.3, 0.4) is 0 Å². The van der Waals surface area contributed by atoms with E-state index in [4.69, 9.17) is 0 Å². The Hall–Kier alpha value is -3.32. The highest BCUT2D eigenvalue weighted by molar-refractivity contribution is 8.33. The molecule has 0 fully saturated rings. The Balaban J connectivity index is 2.33. The topological polar surface area (TPSA) is 77.5 Å².